The van der Waals surface area contributed by atoms with Gasteiger partial charge in [0, 0.05) is 24.5 Å². The Labute approximate surface area is 104 Å². The number of rotatable bonds is 0. The van der Waals surface area contributed by atoms with Crippen LogP contribution in [0.3, 0.4) is 0 Å². The molecule has 0 aromatic heterocycles. The summed E-state index contributed by atoms with van der Waals surface area (Å²) in [7, 11) is 0. The lowest BCUT2D eigenvalue weighted by Gasteiger charge is -2.53. The smallest absolute Gasteiger partial charge is 0.228 e. The third kappa shape index (κ3) is 1.70. The second kappa shape index (κ2) is 3.71. The van der Waals surface area contributed by atoms with E-state index < -0.39 is 0 Å². The highest BCUT2D eigenvalue weighted by Gasteiger charge is 2.51. The van der Waals surface area contributed by atoms with Gasteiger partial charge in [0.1, 0.15) is 0 Å². The molecule has 17 heavy (non-hydrogen) atoms. The van der Waals surface area contributed by atoms with Gasteiger partial charge in [-0.25, -0.2) is 0 Å². The van der Waals surface area contributed by atoms with Gasteiger partial charge in [0.25, 0.3) is 0 Å². The first-order chi connectivity index (χ1) is 7.98. The van der Waals surface area contributed by atoms with Crippen molar-refractivity contribution in [1.82, 2.24) is 10.2 Å². The fraction of sp³-hybridized carbons (Fsp3) is 0.929. The Kier molecular flexibility index (Phi) is 2.51. The molecule has 4 atom stereocenters. The highest BCUT2D eigenvalue weighted by Crippen LogP contribution is 2.45. The van der Waals surface area contributed by atoms with Crippen LogP contribution in [0.4, 0.5) is 0 Å². The van der Waals surface area contributed by atoms with E-state index in [1.54, 1.807) is 0 Å². The van der Waals surface area contributed by atoms with Crippen LogP contribution in [0, 0.1) is 23.2 Å². The lowest BCUT2D eigenvalue weighted by Crippen LogP contribution is -2.60. The van der Waals surface area contributed by atoms with E-state index in [1.807, 2.05) is 20.8 Å². The topological polar surface area (TPSA) is 32.3 Å². The Morgan fingerprint density at radius 1 is 1.18 bits per heavy atom. The van der Waals surface area contributed by atoms with Crippen LogP contribution in [0.2, 0.25) is 0 Å². The lowest BCUT2D eigenvalue weighted by atomic mass is 9.66. The molecule has 0 aromatic carbocycles. The summed E-state index contributed by atoms with van der Waals surface area (Å²) in [4.78, 5) is 14.7. The number of amides is 1. The molecule has 2 bridgehead atoms. The normalized spacial score (nSPS) is 40.5. The van der Waals surface area contributed by atoms with Crippen molar-refractivity contribution < 1.29 is 4.79 Å². The molecular formula is C14H24N2O. The van der Waals surface area contributed by atoms with E-state index in [-0.39, 0.29) is 5.41 Å². The van der Waals surface area contributed by atoms with Crippen LogP contribution >= 0.6 is 0 Å². The molecule has 0 spiro atoms. The van der Waals surface area contributed by atoms with E-state index in [2.05, 4.69) is 10.2 Å². The molecule has 1 N–H and O–H groups in total. The lowest BCUT2D eigenvalue weighted by molar-refractivity contribution is -0.152. The number of carbonyl (C=O) groups excluding carboxylic acids is 1. The van der Waals surface area contributed by atoms with Crippen LogP contribution in [0.25, 0.3) is 0 Å². The van der Waals surface area contributed by atoms with Gasteiger partial charge in [-0.05, 0) is 37.1 Å². The summed E-state index contributed by atoms with van der Waals surface area (Å²) >= 11 is 0. The molecule has 0 aromatic rings. The van der Waals surface area contributed by atoms with Crippen LogP contribution < -0.4 is 5.32 Å². The summed E-state index contributed by atoms with van der Waals surface area (Å²) in [6, 6.07) is 0.520. The van der Waals surface area contributed by atoms with Crippen LogP contribution in [-0.4, -0.2) is 36.5 Å². The number of carbonyl (C=O) groups is 1. The first kappa shape index (κ1) is 11.5. The molecule has 0 unspecified atom stereocenters. The van der Waals surface area contributed by atoms with Gasteiger partial charge in [0.15, 0.2) is 0 Å². The minimum Gasteiger partial charge on any atom is -0.339 e. The summed E-state index contributed by atoms with van der Waals surface area (Å²) in [6.07, 6.45) is 2.57. The molecule has 1 saturated carbocycles. The van der Waals surface area contributed by atoms with Gasteiger partial charge >= 0.3 is 0 Å². The third-order valence-electron chi connectivity index (χ3n) is 4.98. The van der Waals surface area contributed by atoms with Crippen LogP contribution in [0.5, 0.6) is 0 Å². The first-order valence-electron chi connectivity index (χ1n) is 7.00. The summed E-state index contributed by atoms with van der Waals surface area (Å²) in [6.45, 7) is 9.46. The van der Waals surface area contributed by atoms with E-state index >= 15 is 0 Å². The van der Waals surface area contributed by atoms with Crippen molar-refractivity contribution in [3.63, 3.8) is 0 Å². The van der Waals surface area contributed by atoms with Crippen molar-refractivity contribution in [3.8, 4) is 0 Å². The zero-order valence-corrected chi connectivity index (χ0v) is 11.2. The molecule has 96 valence electrons. The zero-order valence-electron chi connectivity index (χ0n) is 11.2. The average molecular weight is 236 g/mol. The van der Waals surface area contributed by atoms with Crippen molar-refractivity contribution in [1.29, 1.82) is 0 Å². The Hall–Kier alpha value is -0.570. The van der Waals surface area contributed by atoms with E-state index in [0.717, 1.165) is 30.8 Å². The van der Waals surface area contributed by atoms with Crippen molar-refractivity contribution in [2.24, 2.45) is 23.2 Å². The minimum absolute atomic E-state index is 0.223. The fourth-order valence-corrected chi connectivity index (χ4v) is 4.14. The van der Waals surface area contributed by atoms with E-state index in [9.17, 15) is 4.79 Å². The Bertz CT molecular complexity index is 334. The number of fused-ring (bicyclic) bond motifs is 2. The number of hydrogen-bond acceptors (Lipinski definition) is 2. The molecule has 3 saturated heterocycles. The molecule has 3 heterocycles. The van der Waals surface area contributed by atoms with Crippen molar-refractivity contribution >= 4 is 5.91 Å². The van der Waals surface area contributed by atoms with Crippen molar-refractivity contribution in [2.45, 2.75) is 39.7 Å². The summed E-state index contributed by atoms with van der Waals surface area (Å²) in [5.41, 5.74) is -0.223. The van der Waals surface area contributed by atoms with Gasteiger partial charge in [-0.2, -0.15) is 0 Å². The van der Waals surface area contributed by atoms with Gasteiger partial charge < -0.3 is 10.2 Å². The summed E-state index contributed by atoms with van der Waals surface area (Å²) < 4.78 is 0. The van der Waals surface area contributed by atoms with Gasteiger partial charge in [-0.3, -0.25) is 4.79 Å². The zero-order chi connectivity index (χ0) is 12.2. The summed E-state index contributed by atoms with van der Waals surface area (Å²) in [5, 5.41) is 3.53. The van der Waals surface area contributed by atoms with Crippen molar-refractivity contribution in [3.05, 3.63) is 0 Å². The molecule has 4 aliphatic rings. The molecule has 3 nitrogen and oxygen atoms in total. The number of piperidine rings is 2. The van der Waals surface area contributed by atoms with E-state index in [0.29, 0.717) is 11.9 Å². The molecule has 3 aliphatic heterocycles. The van der Waals surface area contributed by atoms with Gasteiger partial charge in [-0.1, -0.05) is 20.8 Å². The highest BCUT2D eigenvalue weighted by molar-refractivity contribution is 5.82. The third-order valence-corrected chi connectivity index (χ3v) is 4.98. The summed E-state index contributed by atoms with van der Waals surface area (Å²) in [5.74, 6) is 2.69. The molecule has 0 radical (unpaired) electrons. The average Bonchev–Trinajstić information content (AvgIpc) is 2.77. The predicted molar refractivity (Wildman–Crippen MR) is 67.5 cm³/mol. The Balaban J connectivity index is 1.83. The molecule has 4 rings (SSSR count). The second-order valence-corrected chi connectivity index (χ2v) is 7.10. The Morgan fingerprint density at radius 3 is 2.59 bits per heavy atom. The van der Waals surface area contributed by atoms with Crippen LogP contribution in [0.15, 0.2) is 0 Å². The second-order valence-electron chi connectivity index (χ2n) is 7.10. The van der Waals surface area contributed by atoms with Crippen LogP contribution in [-0.2, 0) is 4.79 Å². The Morgan fingerprint density at radius 2 is 1.88 bits per heavy atom. The van der Waals surface area contributed by atoms with E-state index in [4.69, 9.17) is 0 Å². The van der Waals surface area contributed by atoms with Gasteiger partial charge in [-0.15, -0.1) is 0 Å². The fourth-order valence-electron chi connectivity index (χ4n) is 4.14. The number of nitrogens with one attached hydrogen (secondary N) is 1. The molecule has 1 aliphatic carbocycles. The minimum atomic E-state index is -0.223. The predicted octanol–water partition coefficient (Wildman–Crippen LogP) is 1.49. The number of hydrogen-bond donors (Lipinski definition) is 1. The molecule has 1 amide bonds. The number of nitrogens with zero attached hydrogens (tertiary/aromatic N) is 1. The first-order valence-corrected chi connectivity index (χ1v) is 7.00. The SMILES string of the molecule is CC(C)(C)C(=O)N1C[C@H]2CC[C@H]1[C@H]1CNC[C@H]21. The van der Waals surface area contributed by atoms with Gasteiger partial charge in [0.05, 0.1) is 0 Å². The standard InChI is InChI=1S/C14H24N2O/c1-14(2,3)13(17)16-8-9-4-5-12(16)11-7-15-6-10(9)11/h9-12,15H,4-8H2,1-3H3/t9-,10-,11+,12+/m1/s1. The van der Waals surface area contributed by atoms with E-state index in [1.165, 1.54) is 19.4 Å². The maximum Gasteiger partial charge on any atom is 0.228 e. The highest BCUT2D eigenvalue weighted by atomic mass is 16.2. The molecule has 4 fully saturated rings. The molecular weight excluding hydrogens is 212 g/mol. The monoisotopic (exact) mass is 236 g/mol. The van der Waals surface area contributed by atoms with Crippen molar-refractivity contribution in [2.75, 3.05) is 19.6 Å². The van der Waals surface area contributed by atoms with Crippen LogP contribution in [0.1, 0.15) is 33.6 Å². The van der Waals surface area contributed by atoms with Gasteiger partial charge in [0.2, 0.25) is 5.91 Å². The molecule has 3 heteroatoms. The maximum atomic E-state index is 12.5. The quantitative estimate of drug-likeness (QED) is 0.691. The maximum absolute atomic E-state index is 12.5. The largest absolute Gasteiger partial charge is 0.339 e.